The minimum Gasteiger partial charge on any atom is -0.493 e. The van der Waals surface area contributed by atoms with Gasteiger partial charge < -0.3 is 18.9 Å². The van der Waals surface area contributed by atoms with Crippen molar-refractivity contribution < 1.29 is 28.5 Å². The van der Waals surface area contributed by atoms with Gasteiger partial charge in [0.05, 0.1) is 26.9 Å². The molecule has 0 amide bonds. The minimum atomic E-state index is -1.10. The van der Waals surface area contributed by atoms with Crippen LogP contribution in [0.15, 0.2) is 65.9 Å². The summed E-state index contributed by atoms with van der Waals surface area (Å²) < 4.78 is 22.4. The number of benzene rings is 2. The van der Waals surface area contributed by atoms with Crippen LogP contribution in [0.5, 0.6) is 17.2 Å². The molecular weight excluding hydrogens is 384 g/mol. The van der Waals surface area contributed by atoms with Gasteiger partial charge >= 0.3 is 0 Å². The Labute approximate surface area is 174 Å². The Morgan fingerprint density at radius 2 is 1.57 bits per heavy atom. The third-order valence-electron chi connectivity index (χ3n) is 5.54. The second kappa shape index (κ2) is 7.71. The van der Waals surface area contributed by atoms with E-state index in [0.717, 1.165) is 11.1 Å². The molecule has 154 valence electrons. The summed E-state index contributed by atoms with van der Waals surface area (Å²) in [6.07, 6.45) is 3.68. The molecule has 1 atom stereocenters. The molecule has 0 N–H and O–H groups in total. The lowest BCUT2D eigenvalue weighted by atomic mass is 9.76. The first-order valence-electron chi connectivity index (χ1n) is 9.58. The zero-order chi connectivity index (χ0) is 21.3. The maximum Gasteiger partial charge on any atom is 0.221 e. The molecule has 4 rings (SSSR count). The van der Waals surface area contributed by atoms with Gasteiger partial charge in [-0.3, -0.25) is 9.59 Å². The lowest BCUT2D eigenvalue weighted by Gasteiger charge is -2.41. The van der Waals surface area contributed by atoms with E-state index >= 15 is 0 Å². The third kappa shape index (κ3) is 3.14. The summed E-state index contributed by atoms with van der Waals surface area (Å²) in [6, 6.07) is 13.1. The molecule has 0 spiro atoms. The Balaban J connectivity index is 1.86. The number of ether oxygens (including phenoxy) is 4. The van der Waals surface area contributed by atoms with Crippen molar-refractivity contribution in [2.45, 2.75) is 18.4 Å². The number of ketones is 2. The molecule has 0 aromatic heterocycles. The van der Waals surface area contributed by atoms with E-state index in [1.807, 2.05) is 36.4 Å². The van der Waals surface area contributed by atoms with E-state index in [-0.39, 0.29) is 17.3 Å². The van der Waals surface area contributed by atoms with Gasteiger partial charge in [-0.1, -0.05) is 30.3 Å². The van der Waals surface area contributed by atoms with Crippen LogP contribution in [-0.2, 0) is 26.3 Å². The van der Waals surface area contributed by atoms with Gasteiger partial charge in [-0.25, -0.2) is 0 Å². The van der Waals surface area contributed by atoms with Gasteiger partial charge in [0, 0.05) is 30.2 Å². The highest BCUT2D eigenvalue weighted by Gasteiger charge is 2.46. The van der Waals surface area contributed by atoms with Crippen molar-refractivity contribution in [1.29, 1.82) is 0 Å². The minimum absolute atomic E-state index is 0.0228. The van der Waals surface area contributed by atoms with Crippen LogP contribution in [0, 0.1) is 0 Å². The highest BCUT2D eigenvalue weighted by Crippen LogP contribution is 2.48. The van der Waals surface area contributed by atoms with E-state index in [1.54, 1.807) is 20.3 Å². The summed E-state index contributed by atoms with van der Waals surface area (Å²) >= 11 is 0. The van der Waals surface area contributed by atoms with E-state index < -0.39 is 5.60 Å². The molecular formula is C24H22O6. The fourth-order valence-corrected chi connectivity index (χ4v) is 4.01. The molecule has 0 saturated carbocycles. The predicted octanol–water partition coefficient (Wildman–Crippen LogP) is 3.53. The summed E-state index contributed by atoms with van der Waals surface area (Å²) in [5, 5.41) is 0. The van der Waals surface area contributed by atoms with Crippen LogP contribution in [-0.4, -0.2) is 32.9 Å². The van der Waals surface area contributed by atoms with Crippen LogP contribution < -0.4 is 14.2 Å². The van der Waals surface area contributed by atoms with Crippen LogP contribution in [0.3, 0.4) is 0 Å². The van der Waals surface area contributed by atoms with Crippen LogP contribution in [0.1, 0.15) is 17.5 Å². The molecule has 1 heterocycles. The van der Waals surface area contributed by atoms with E-state index in [4.69, 9.17) is 18.9 Å². The number of hydrogen-bond acceptors (Lipinski definition) is 6. The molecule has 0 saturated heterocycles. The average molecular weight is 406 g/mol. The molecule has 0 fully saturated rings. The number of hydrogen-bond donors (Lipinski definition) is 0. The van der Waals surface area contributed by atoms with Crippen molar-refractivity contribution in [2.75, 3.05) is 21.3 Å². The Bertz CT molecular complexity index is 1070. The fourth-order valence-electron chi connectivity index (χ4n) is 4.01. The molecule has 2 aromatic carbocycles. The topological polar surface area (TPSA) is 71.1 Å². The zero-order valence-corrected chi connectivity index (χ0v) is 17.1. The van der Waals surface area contributed by atoms with Crippen molar-refractivity contribution >= 4 is 11.6 Å². The molecule has 2 aliphatic rings. The summed E-state index contributed by atoms with van der Waals surface area (Å²) in [4.78, 5) is 25.5. The molecule has 1 aliphatic carbocycles. The van der Waals surface area contributed by atoms with Crippen molar-refractivity contribution in [1.82, 2.24) is 0 Å². The first-order chi connectivity index (χ1) is 14.5. The monoisotopic (exact) mass is 406 g/mol. The molecule has 1 unspecified atom stereocenters. The molecule has 2 aromatic rings. The van der Waals surface area contributed by atoms with Crippen LogP contribution in [0.25, 0.3) is 0 Å². The molecule has 6 nitrogen and oxygen atoms in total. The van der Waals surface area contributed by atoms with E-state index in [0.29, 0.717) is 35.7 Å². The van der Waals surface area contributed by atoms with Crippen molar-refractivity contribution in [3.8, 4) is 17.2 Å². The summed E-state index contributed by atoms with van der Waals surface area (Å²) in [5.74, 6) is 1.09. The van der Waals surface area contributed by atoms with Crippen LogP contribution in [0.4, 0.5) is 0 Å². The second-order valence-corrected chi connectivity index (χ2v) is 7.11. The van der Waals surface area contributed by atoms with Crippen LogP contribution >= 0.6 is 0 Å². The first-order valence-corrected chi connectivity index (χ1v) is 9.58. The molecule has 0 bridgehead atoms. The molecule has 0 radical (unpaired) electrons. The summed E-state index contributed by atoms with van der Waals surface area (Å²) in [5.41, 5.74) is 0.936. The standard InChI is InChI=1S/C24H22O6/c1-27-21-13-18(25)17(12-19(21)26)24(16-7-5-4-6-8-16)10-9-15-11-22(28-2)23(29-3)14-20(15)30-24/h4-8,11-14H,9-10H2,1-3H3. The van der Waals surface area contributed by atoms with Crippen molar-refractivity contribution in [3.05, 3.63) is 77.1 Å². The second-order valence-electron chi connectivity index (χ2n) is 7.11. The highest BCUT2D eigenvalue weighted by molar-refractivity contribution is 6.20. The summed E-state index contributed by atoms with van der Waals surface area (Å²) in [7, 11) is 4.51. The maximum absolute atomic E-state index is 13.0. The molecule has 30 heavy (non-hydrogen) atoms. The van der Waals surface area contributed by atoms with E-state index in [2.05, 4.69) is 0 Å². The number of fused-ring (bicyclic) bond motifs is 1. The number of rotatable bonds is 5. The molecule has 6 heteroatoms. The Hall–Kier alpha value is -3.54. The smallest absolute Gasteiger partial charge is 0.221 e. The maximum atomic E-state index is 13.0. The van der Waals surface area contributed by atoms with Gasteiger partial charge in [-0.05, 0) is 18.1 Å². The lowest BCUT2D eigenvalue weighted by molar-refractivity contribution is -0.118. The van der Waals surface area contributed by atoms with Crippen LogP contribution in [0.2, 0.25) is 0 Å². The summed E-state index contributed by atoms with van der Waals surface area (Å²) in [6.45, 7) is 0. The largest absolute Gasteiger partial charge is 0.493 e. The van der Waals surface area contributed by atoms with Crippen molar-refractivity contribution in [2.24, 2.45) is 0 Å². The highest BCUT2D eigenvalue weighted by atomic mass is 16.5. The van der Waals surface area contributed by atoms with E-state index in [1.165, 1.54) is 19.3 Å². The average Bonchev–Trinajstić information content (AvgIpc) is 2.79. The number of aryl methyl sites for hydroxylation is 1. The van der Waals surface area contributed by atoms with Gasteiger partial charge in [-0.15, -0.1) is 0 Å². The number of carbonyl (C=O) groups excluding carboxylic acids is 2. The normalized spacial score (nSPS) is 20.5. The lowest BCUT2D eigenvalue weighted by Crippen LogP contribution is -2.42. The first kappa shape index (κ1) is 19.8. The fraction of sp³-hybridized carbons (Fsp3) is 0.250. The Morgan fingerprint density at radius 1 is 0.867 bits per heavy atom. The molecule has 1 aliphatic heterocycles. The van der Waals surface area contributed by atoms with Gasteiger partial charge in [0.2, 0.25) is 5.78 Å². The quantitative estimate of drug-likeness (QED) is 0.708. The van der Waals surface area contributed by atoms with Gasteiger partial charge in [-0.2, -0.15) is 0 Å². The van der Waals surface area contributed by atoms with Crippen molar-refractivity contribution in [3.63, 3.8) is 0 Å². The van der Waals surface area contributed by atoms with E-state index in [9.17, 15) is 9.59 Å². The zero-order valence-electron chi connectivity index (χ0n) is 17.1. The third-order valence-corrected chi connectivity index (χ3v) is 5.54. The van der Waals surface area contributed by atoms with Gasteiger partial charge in [0.15, 0.2) is 28.6 Å². The number of allylic oxidation sites excluding steroid dienone is 2. The predicted molar refractivity (Wildman–Crippen MR) is 110 cm³/mol. The SMILES string of the molecule is COC1=CC(=O)C(C2(c3ccccc3)CCc3cc(OC)c(OC)cc3O2)=CC1=O. The number of carbonyl (C=O) groups is 2. The Morgan fingerprint density at radius 3 is 2.23 bits per heavy atom. The van der Waals surface area contributed by atoms with Gasteiger partial charge in [0.1, 0.15) is 5.75 Å². The van der Waals surface area contributed by atoms with Gasteiger partial charge in [0.25, 0.3) is 0 Å². The number of methoxy groups -OCH3 is 3. The Kier molecular flexibility index (Phi) is 5.08.